The largest absolute Gasteiger partial charge is 0.353 e. The van der Waals surface area contributed by atoms with Crippen LogP contribution in [-0.2, 0) is 11.3 Å². The number of aromatic nitrogens is 3. The molecular weight excluding hydrogens is 456 g/mol. The fourth-order valence-corrected chi connectivity index (χ4v) is 4.08. The molecule has 1 amide bonds. The normalized spacial score (nSPS) is 13.7. The second-order valence-corrected chi connectivity index (χ2v) is 8.63. The van der Waals surface area contributed by atoms with E-state index in [1.807, 2.05) is 42.2 Å². The Balaban J connectivity index is 1.29. The Morgan fingerprint density at radius 1 is 1.12 bits per heavy atom. The number of halogens is 1. The van der Waals surface area contributed by atoms with E-state index < -0.39 is 11.2 Å². The number of nitrogens with zero attached hydrogens (tertiary/aromatic N) is 4. The summed E-state index contributed by atoms with van der Waals surface area (Å²) in [6, 6.07) is 12.5. The Labute approximate surface area is 202 Å². The van der Waals surface area contributed by atoms with Crippen molar-refractivity contribution in [1.29, 1.82) is 0 Å². The van der Waals surface area contributed by atoms with E-state index in [4.69, 9.17) is 11.6 Å². The van der Waals surface area contributed by atoms with Gasteiger partial charge in [0.25, 0.3) is 5.56 Å². The maximum atomic E-state index is 12.6. The lowest BCUT2D eigenvalue weighted by Gasteiger charge is -2.35. The number of piperazine rings is 1. The average molecular weight is 483 g/mol. The van der Waals surface area contributed by atoms with Crippen LogP contribution in [0.5, 0.6) is 0 Å². The van der Waals surface area contributed by atoms with Crippen LogP contribution in [0.15, 0.2) is 58.3 Å². The molecule has 9 nitrogen and oxygen atoms in total. The van der Waals surface area contributed by atoms with Crippen molar-refractivity contribution >= 4 is 34.8 Å². The van der Waals surface area contributed by atoms with Crippen molar-refractivity contribution in [3.05, 3.63) is 80.1 Å². The number of amides is 1. The van der Waals surface area contributed by atoms with Gasteiger partial charge in [0, 0.05) is 62.1 Å². The van der Waals surface area contributed by atoms with Crippen molar-refractivity contribution in [3.63, 3.8) is 0 Å². The van der Waals surface area contributed by atoms with Crippen LogP contribution in [0.2, 0.25) is 5.02 Å². The van der Waals surface area contributed by atoms with E-state index in [2.05, 4.69) is 20.2 Å². The molecule has 3 heterocycles. The number of aryl methyl sites for hydroxylation is 1. The van der Waals surface area contributed by atoms with Gasteiger partial charge in [0.05, 0.1) is 0 Å². The molecule has 1 aliphatic heterocycles. The van der Waals surface area contributed by atoms with Crippen LogP contribution in [0.25, 0.3) is 0 Å². The lowest BCUT2D eigenvalue weighted by molar-refractivity contribution is -0.131. The first kappa shape index (κ1) is 23.6. The molecule has 0 radical (unpaired) electrons. The molecule has 0 atom stereocenters. The van der Waals surface area contributed by atoms with Crippen LogP contribution in [-0.4, -0.2) is 51.5 Å². The number of aromatic amines is 1. The van der Waals surface area contributed by atoms with Crippen LogP contribution in [0.3, 0.4) is 0 Å². The van der Waals surface area contributed by atoms with Crippen LogP contribution >= 0.6 is 11.6 Å². The third-order valence-electron chi connectivity index (χ3n) is 5.85. The van der Waals surface area contributed by atoms with Crippen molar-refractivity contribution in [2.75, 3.05) is 36.4 Å². The van der Waals surface area contributed by atoms with Crippen LogP contribution < -0.4 is 21.5 Å². The molecule has 1 aromatic carbocycles. The predicted molar refractivity (Wildman–Crippen MR) is 133 cm³/mol. The van der Waals surface area contributed by atoms with Crippen LogP contribution in [0.4, 0.5) is 17.3 Å². The molecule has 2 N–H and O–H groups in total. The molecule has 34 heavy (non-hydrogen) atoms. The van der Waals surface area contributed by atoms with Gasteiger partial charge in [-0.05, 0) is 43.2 Å². The smallest absolute Gasteiger partial charge is 0.329 e. The number of rotatable bonds is 7. The van der Waals surface area contributed by atoms with Gasteiger partial charge in [-0.2, -0.15) is 0 Å². The molecule has 178 valence electrons. The summed E-state index contributed by atoms with van der Waals surface area (Å²) >= 11 is 6.13. The molecule has 2 aromatic heterocycles. The van der Waals surface area contributed by atoms with Crippen LogP contribution in [0, 0.1) is 6.92 Å². The van der Waals surface area contributed by atoms with Crippen molar-refractivity contribution in [2.24, 2.45) is 0 Å². The van der Waals surface area contributed by atoms with Gasteiger partial charge < -0.3 is 15.1 Å². The third-order valence-corrected chi connectivity index (χ3v) is 6.26. The van der Waals surface area contributed by atoms with Gasteiger partial charge in [0.2, 0.25) is 5.91 Å². The number of carbonyl (C=O) groups is 1. The van der Waals surface area contributed by atoms with Crippen molar-refractivity contribution in [3.8, 4) is 0 Å². The minimum Gasteiger partial charge on any atom is -0.353 e. The van der Waals surface area contributed by atoms with E-state index in [0.29, 0.717) is 30.2 Å². The second-order valence-electron chi connectivity index (χ2n) is 8.23. The van der Waals surface area contributed by atoms with E-state index in [1.54, 1.807) is 12.3 Å². The summed E-state index contributed by atoms with van der Waals surface area (Å²) in [6.07, 6.45) is 2.44. The Kier molecular flexibility index (Phi) is 7.32. The Morgan fingerprint density at radius 2 is 1.91 bits per heavy atom. The maximum absolute atomic E-state index is 12.6. The standard InChI is InChI=1S/C24H27ClN6O3/c1-17-7-8-18(15-19(17)25)27-20-16-23(33)31(24(34)28-20)10-4-6-22(32)30-13-11-29(12-14-30)21-5-2-3-9-26-21/h2-3,5,7-9,15-16,27H,4,6,10-14H2,1H3,(H,28,34). The fourth-order valence-electron chi connectivity index (χ4n) is 3.90. The maximum Gasteiger partial charge on any atom is 0.329 e. The summed E-state index contributed by atoms with van der Waals surface area (Å²) < 4.78 is 1.11. The molecule has 1 saturated heterocycles. The minimum absolute atomic E-state index is 0.0275. The summed E-state index contributed by atoms with van der Waals surface area (Å²) in [5, 5.41) is 3.58. The highest BCUT2D eigenvalue weighted by atomic mass is 35.5. The molecular formula is C24H27ClN6O3. The zero-order valence-electron chi connectivity index (χ0n) is 19.0. The SMILES string of the molecule is Cc1ccc(Nc2cc(=O)n(CCCC(=O)N3CCN(c4ccccn4)CC3)c(=O)[nH]2)cc1Cl. The Bertz CT molecular complexity index is 1230. The van der Waals surface area contributed by atoms with E-state index in [1.165, 1.54) is 6.07 Å². The highest BCUT2D eigenvalue weighted by Crippen LogP contribution is 2.21. The van der Waals surface area contributed by atoms with Gasteiger partial charge in [-0.15, -0.1) is 0 Å². The van der Waals surface area contributed by atoms with Crippen molar-refractivity contribution in [1.82, 2.24) is 19.4 Å². The fraction of sp³-hybridized carbons (Fsp3) is 0.333. The summed E-state index contributed by atoms with van der Waals surface area (Å²) in [5.74, 6) is 1.23. The second kappa shape index (κ2) is 10.6. The first-order valence-electron chi connectivity index (χ1n) is 11.2. The van der Waals surface area contributed by atoms with Gasteiger partial charge >= 0.3 is 5.69 Å². The van der Waals surface area contributed by atoms with E-state index >= 15 is 0 Å². The van der Waals surface area contributed by atoms with Gasteiger partial charge in [0.15, 0.2) is 0 Å². The van der Waals surface area contributed by atoms with Crippen molar-refractivity contribution < 1.29 is 4.79 Å². The van der Waals surface area contributed by atoms with E-state index in [-0.39, 0.29) is 24.7 Å². The number of hydrogen-bond donors (Lipinski definition) is 2. The molecule has 0 bridgehead atoms. The first-order chi connectivity index (χ1) is 16.4. The summed E-state index contributed by atoms with van der Waals surface area (Å²) in [7, 11) is 0. The zero-order valence-corrected chi connectivity index (χ0v) is 19.7. The number of anilines is 3. The molecule has 0 saturated carbocycles. The van der Waals surface area contributed by atoms with E-state index in [0.717, 1.165) is 29.0 Å². The molecule has 0 spiro atoms. The molecule has 3 aromatic rings. The number of hydrogen-bond acceptors (Lipinski definition) is 6. The number of H-pyrrole nitrogens is 1. The summed E-state index contributed by atoms with van der Waals surface area (Å²) in [5.41, 5.74) is 0.642. The minimum atomic E-state index is -0.523. The molecule has 10 heteroatoms. The zero-order chi connectivity index (χ0) is 24.1. The number of carbonyl (C=O) groups excluding carboxylic acids is 1. The molecule has 1 aliphatic rings. The van der Waals surface area contributed by atoms with Gasteiger partial charge in [-0.25, -0.2) is 9.78 Å². The highest BCUT2D eigenvalue weighted by Gasteiger charge is 2.21. The van der Waals surface area contributed by atoms with Gasteiger partial charge in [-0.3, -0.25) is 19.1 Å². The quantitative estimate of drug-likeness (QED) is 0.536. The Hall–Kier alpha value is -3.59. The molecule has 4 rings (SSSR count). The highest BCUT2D eigenvalue weighted by molar-refractivity contribution is 6.31. The topological polar surface area (TPSA) is 103 Å². The number of nitrogens with one attached hydrogen (secondary N) is 2. The summed E-state index contributed by atoms with van der Waals surface area (Å²) in [4.78, 5) is 48.6. The average Bonchev–Trinajstić information content (AvgIpc) is 2.84. The molecule has 0 aliphatic carbocycles. The molecule has 1 fully saturated rings. The monoisotopic (exact) mass is 482 g/mol. The van der Waals surface area contributed by atoms with Crippen LogP contribution in [0.1, 0.15) is 18.4 Å². The third kappa shape index (κ3) is 5.66. The lowest BCUT2D eigenvalue weighted by atomic mass is 10.2. The number of benzene rings is 1. The first-order valence-corrected chi connectivity index (χ1v) is 11.6. The summed E-state index contributed by atoms with van der Waals surface area (Å²) in [6.45, 7) is 4.76. The van der Waals surface area contributed by atoms with Gasteiger partial charge in [-0.1, -0.05) is 23.7 Å². The Morgan fingerprint density at radius 3 is 2.59 bits per heavy atom. The van der Waals surface area contributed by atoms with Gasteiger partial charge in [0.1, 0.15) is 11.6 Å². The molecule has 0 unspecified atom stereocenters. The number of pyridine rings is 1. The van der Waals surface area contributed by atoms with Crippen molar-refractivity contribution in [2.45, 2.75) is 26.3 Å². The predicted octanol–water partition coefficient (Wildman–Crippen LogP) is 2.77. The lowest BCUT2D eigenvalue weighted by Crippen LogP contribution is -2.49. The van der Waals surface area contributed by atoms with E-state index in [9.17, 15) is 14.4 Å².